The first-order valence-corrected chi connectivity index (χ1v) is 7.30. The van der Waals surface area contributed by atoms with Gasteiger partial charge in [-0.1, -0.05) is 23.7 Å². The molecule has 1 aliphatic rings. The molecule has 1 aromatic carbocycles. The van der Waals surface area contributed by atoms with Crippen molar-refractivity contribution >= 4 is 23.5 Å². The van der Waals surface area contributed by atoms with E-state index in [1.807, 2.05) is 0 Å². The van der Waals surface area contributed by atoms with Crippen LogP contribution in [-0.2, 0) is 9.59 Å². The van der Waals surface area contributed by atoms with Gasteiger partial charge in [0.15, 0.2) is 5.41 Å². The number of alkyl halides is 3. The third-order valence-electron chi connectivity index (χ3n) is 4.25. The van der Waals surface area contributed by atoms with Crippen molar-refractivity contribution in [2.24, 2.45) is 5.41 Å². The maximum absolute atomic E-state index is 13.1. The normalized spacial score (nSPS) is 22.9. The molecule has 1 saturated heterocycles. The first-order valence-electron chi connectivity index (χ1n) is 6.93. The second-order valence-electron chi connectivity index (χ2n) is 5.67. The molecule has 23 heavy (non-hydrogen) atoms. The van der Waals surface area contributed by atoms with Crippen LogP contribution in [0.2, 0.25) is 5.02 Å². The van der Waals surface area contributed by atoms with Gasteiger partial charge in [-0.05, 0) is 31.0 Å². The van der Waals surface area contributed by atoms with Crippen molar-refractivity contribution < 1.29 is 27.9 Å². The van der Waals surface area contributed by atoms with Crippen LogP contribution in [0.25, 0.3) is 0 Å². The lowest BCUT2D eigenvalue weighted by Crippen LogP contribution is -2.48. The van der Waals surface area contributed by atoms with Crippen molar-refractivity contribution in [3.63, 3.8) is 0 Å². The zero-order chi connectivity index (χ0) is 17.4. The Bertz CT molecular complexity index is 635. The minimum Gasteiger partial charge on any atom is -0.481 e. The minimum absolute atomic E-state index is 0.241. The van der Waals surface area contributed by atoms with Crippen LogP contribution >= 0.6 is 11.6 Å². The van der Waals surface area contributed by atoms with Gasteiger partial charge in [0, 0.05) is 18.1 Å². The number of hydrogen-bond donors (Lipinski definition) is 1. The third-order valence-corrected chi connectivity index (χ3v) is 4.49. The number of benzene rings is 1. The Morgan fingerprint density at radius 2 is 2.04 bits per heavy atom. The molecule has 0 saturated carbocycles. The monoisotopic (exact) mass is 349 g/mol. The number of carboxylic acids is 1. The average Bonchev–Trinajstić information content (AvgIpc) is 2.92. The summed E-state index contributed by atoms with van der Waals surface area (Å²) in [5.41, 5.74) is -2.32. The Hall–Kier alpha value is -1.76. The first kappa shape index (κ1) is 17.6. The minimum atomic E-state index is -4.91. The summed E-state index contributed by atoms with van der Waals surface area (Å²) in [4.78, 5) is 24.5. The maximum atomic E-state index is 13.1. The summed E-state index contributed by atoms with van der Waals surface area (Å²) in [6.45, 7) is 0.452. The summed E-state index contributed by atoms with van der Waals surface area (Å²) in [5.74, 6) is -3.19. The van der Waals surface area contributed by atoms with E-state index in [1.54, 1.807) is 31.2 Å². The van der Waals surface area contributed by atoms with Crippen molar-refractivity contribution in [1.29, 1.82) is 0 Å². The average molecular weight is 350 g/mol. The molecule has 4 nitrogen and oxygen atoms in total. The van der Waals surface area contributed by atoms with Gasteiger partial charge in [0.25, 0.3) is 0 Å². The van der Waals surface area contributed by atoms with Crippen molar-refractivity contribution in [3.05, 3.63) is 34.9 Å². The molecule has 0 aliphatic carbocycles. The molecule has 2 atom stereocenters. The number of carbonyl (C=O) groups excluding carboxylic acids is 1. The fraction of sp³-hybridized carbons (Fsp3) is 0.467. The molecule has 1 fully saturated rings. The first-order chi connectivity index (χ1) is 10.6. The van der Waals surface area contributed by atoms with Gasteiger partial charge in [0.2, 0.25) is 5.91 Å². The van der Waals surface area contributed by atoms with Crippen molar-refractivity contribution in [2.45, 2.75) is 25.4 Å². The predicted octanol–water partition coefficient (Wildman–Crippen LogP) is 3.31. The largest absolute Gasteiger partial charge is 0.481 e. The number of carboxylic acid groups (broad SMARTS) is 1. The number of halogens is 4. The molecule has 0 bridgehead atoms. The Morgan fingerprint density at radius 1 is 1.39 bits per heavy atom. The second kappa shape index (κ2) is 6.03. The molecule has 1 heterocycles. The van der Waals surface area contributed by atoms with E-state index in [9.17, 15) is 22.8 Å². The SMILES string of the molecule is CC(C(=O)N1CCC(C(=O)O)(C(F)(F)F)C1)c1cccc(Cl)c1. The molecule has 0 spiro atoms. The van der Waals surface area contributed by atoms with Crippen molar-refractivity contribution in [2.75, 3.05) is 13.1 Å². The van der Waals surface area contributed by atoms with Gasteiger partial charge in [-0.25, -0.2) is 0 Å². The fourth-order valence-corrected chi connectivity index (χ4v) is 2.92. The van der Waals surface area contributed by atoms with E-state index in [2.05, 4.69) is 0 Å². The van der Waals surface area contributed by atoms with Gasteiger partial charge in [0.05, 0.1) is 5.92 Å². The Balaban J connectivity index is 2.21. The highest BCUT2D eigenvalue weighted by atomic mass is 35.5. The predicted molar refractivity (Wildman–Crippen MR) is 77.2 cm³/mol. The molecule has 0 aromatic heterocycles. The van der Waals surface area contributed by atoms with Crippen molar-refractivity contribution in [3.8, 4) is 0 Å². The van der Waals surface area contributed by atoms with Crippen LogP contribution in [-0.4, -0.2) is 41.1 Å². The molecule has 1 N–H and O–H groups in total. The highest BCUT2D eigenvalue weighted by Crippen LogP contribution is 2.46. The lowest BCUT2D eigenvalue weighted by molar-refractivity contribution is -0.227. The molecule has 8 heteroatoms. The lowest BCUT2D eigenvalue weighted by atomic mass is 9.86. The topological polar surface area (TPSA) is 57.6 Å². The fourth-order valence-electron chi connectivity index (χ4n) is 2.72. The summed E-state index contributed by atoms with van der Waals surface area (Å²) < 4.78 is 39.4. The van der Waals surface area contributed by atoms with Gasteiger partial charge in [0.1, 0.15) is 0 Å². The molecule has 126 valence electrons. The zero-order valence-electron chi connectivity index (χ0n) is 12.2. The van der Waals surface area contributed by atoms with Gasteiger partial charge in [-0.15, -0.1) is 0 Å². The quantitative estimate of drug-likeness (QED) is 0.910. The smallest absolute Gasteiger partial charge is 0.406 e. The van der Waals surface area contributed by atoms with Crippen LogP contribution in [0.1, 0.15) is 24.8 Å². The molecular weight excluding hydrogens is 335 g/mol. The van der Waals surface area contributed by atoms with Gasteiger partial charge >= 0.3 is 12.1 Å². The van der Waals surface area contributed by atoms with Crippen LogP contribution < -0.4 is 0 Å². The number of rotatable bonds is 3. The van der Waals surface area contributed by atoms with Crippen LogP contribution in [0.15, 0.2) is 24.3 Å². The highest BCUT2D eigenvalue weighted by Gasteiger charge is 2.64. The van der Waals surface area contributed by atoms with E-state index in [-0.39, 0.29) is 6.54 Å². The zero-order valence-corrected chi connectivity index (χ0v) is 13.0. The molecular formula is C15H15ClF3NO3. The summed E-state index contributed by atoms with van der Waals surface area (Å²) in [5, 5.41) is 9.43. The van der Waals surface area contributed by atoms with E-state index in [0.29, 0.717) is 10.6 Å². The van der Waals surface area contributed by atoms with E-state index >= 15 is 0 Å². The Kier molecular flexibility index (Phi) is 4.61. The molecule has 1 amide bonds. The summed E-state index contributed by atoms with van der Waals surface area (Å²) in [6.07, 6.45) is -5.55. The molecule has 1 aliphatic heterocycles. The number of likely N-dealkylation sites (tertiary alicyclic amines) is 1. The van der Waals surface area contributed by atoms with Crippen LogP contribution in [0, 0.1) is 5.41 Å². The molecule has 0 radical (unpaired) electrons. The number of hydrogen-bond acceptors (Lipinski definition) is 2. The second-order valence-corrected chi connectivity index (χ2v) is 6.11. The van der Waals surface area contributed by atoms with Gasteiger partial charge < -0.3 is 10.0 Å². The van der Waals surface area contributed by atoms with E-state index in [1.165, 1.54) is 0 Å². The maximum Gasteiger partial charge on any atom is 0.406 e. The standard InChI is InChI=1S/C15H15ClF3NO3/c1-9(10-3-2-4-11(16)7-10)12(21)20-6-5-14(8-20,13(22)23)15(17,18)19/h2-4,7,9H,5-6,8H2,1H3,(H,22,23). The van der Waals surface area contributed by atoms with Gasteiger partial charge in [-0.3, -0.25) is 9.59 Å². The Labute approximate surface area is 135 Å². The summed E-state index contributed by atoms with van der Waals surface area (Å²) >= 11 is 5.85. The third kappa shape index (κ3) is 3.15. The summed E-state index contributed by atoms with van der Waals surface area (Å²) in [7, 11) is 0. The molecule has 2 rings (SSSR count). The molecule has 2 unspecified atom stereocenters. The highest BCUT2D eigenvalue weighted by molar-refractivity contribution is 6.30. The summed E-state index contributed by atoms with van der Waals surface area (Å²) in [6, 6.07) is 6.48. The lowest BCUT2D eigenvalue weighted by Gasteiger charge is -2.28. The molecule has 1 aromatic rings. The number of aliphatic carboxylic acids is 1. The van der Waals surface area contributed by atoms with Crippen LogP contribution in [0.5, 0.6) is 0 Å². The van der Waals surface area contributed by atoms with Gasteiger partial charge in [-0.2, -0.15) is 13.2 Å². The van der Waals surface area contributed by atoms with Crippen LogP contribution in [0.3, 0.4) is 0 Å². The Morgan fingerprint density at radius 3 is 2.52 bits per heavy atom. The number of nitrogens with zero attached hydrogens (tertiary/aromatic N) is 1. The number of carbonyl (C=O) groups is 2. The number of amides is 1. The van der Waals surface area contributed by atoms with Crippen molar-refractivity contribution in [1.82, 2.24) is 4.90 Å². The van der Waals surface area contributed by atoms with E-state index in [4.69, 9.17) is 16.7 Å². The van der Waals surface area contributed by atoms with E-state index in [0.717, 1.165) is 4.90 Å². The van der Waals surface area contributed by atoms with Crippen LogP contribution in [0.4, 0.5) is 13.2 Å². The van der Waals surface area contributed by atoms with E-state index < -0.39 is 42.4 Å².